The number of hydrogen-bond acceptors (Lipinski definition) is 6. The lowest BCUT2D eigenvalue weighted by Crippen LogP contribution is -2.26. The summed E-state index contributed by atoms with van der Waals surface area (Å²) in [5, 5.41) is 10.00. The Hall–Kier alpha value is -2.72. The van der Waals surface area contributed by atoms with Crippen LogP contribution < -0.4 is 10.3 Å². The molecule has 0 aliphatic heterocycles. The summed E-state index contributed by atoms with van der Waals surface area (Å²) in [5.41, 5.74) is -1.04. The Morgan fingerprint density at radius 2 is 1.90 bits per heavy atom. The van der Waals surface area contributed by atoms with E-state index in [1.807, 2.05) is 0 Å². The lowest BCUT2D eigenvalue weighted by atomic mass is 10.0. The van der Waals surface area contributed by atoms with Gasteiger partial charge in [-0.05, 0) is 48.8 Å². The van der Waals surface area contributed by atoms with Crippen LogP contribution in [0.4, 0.5) is 8.78 Å². The summed E-state index contributed by atoms with van der Waals surface area (Å²) < 4.78 is 33.4. The van der Waals surface area contributed by atoms with Gasteiger partial charge >= 0.3 is 0 Å². The molecule has 1 aromatic carbocycles. The highest BCUT2D eigenvalue weighted by Crippen LogP contribution is 2.22. The molecule has 0 atom stereocenters. The largest absolute Gasteiger partial charge is 0.472 e. The van der Waals surface area contributed by atoms with E-state index in [2.05, 4.69) is 30.9 Å². The summed E-state index contributed by atoms with van der Waals surface area (Å²) in [7, 11) is 0. The zero-order valence-electron chi connectivity index (χ0n) is 15.8. The van der Waals surface area contributed by atoms with Gasteiger partial charge in [0, 0.05) is 29.6 Å². The zero-order chi connectivity index (χ0) is 21.3. The maximum absolute atomic E-state index is 13.8. The predicted molar refractivity (Wildman–Crippen MR) is 104 cm³/mol. The summed E-state index contributed by atoms with van der Waals surface area (Å²) in [5.74, 6) is -1.18. The SMILES string of the molecule is Cc1nc(OCc2ccc(F)cc2F)c(Br)c(=O)n1-c1ncc(C(C)(C)O)cn1. The Morgan fingerprint density at radius 1 is 1.24 bits per heavy atom. The smallest absolute Gasteiger partial charge is 0.278 e. The lowest BCUT2D eigenvalue weighted by Gasteiger charge is -2.17. The van der Waals surface area contributed by atoms with Crippen LogP contribution in [0.2, 0.25) is 0 Å². The highest BCUT2D eigenvalue weighted by molar-refractivity contribution is 9.10. The highest BCUT2D eigenvalue weighted by atomic mass is 79.9. The van der Waals surface area contributed by atoms with E-state index < -0.39 is 22.8 Å². The van der Waals surface area contributed by atoms with Crippen molar-refractivity contribution in [3.8, 4) is 11.8 Å². The monoisotopic (exact) mass is 466 g/mol. The van der Waals surface area contributed by atoms with Crippen molar-refractivity contribution < 1.29 is 18.6 Å². The molecule has 0 saturated heterocycles. The van der Waals surface area contributed by atoms with Crippen LogP contribution in [0.3, 0.4) is 0 Å². The number of ether oxygens (including phenoxy) is 1. The molecule has 0 fully saturated rings. The van der Waals surface area contributed by atoms with Crippen molar-refractivity contribution in [2.24, 2.45) is 0 Å². The van der Waals surface area contributed by atoms with Crippen LogP contribution in [0, 0.1) is 18.6 Å². The minimum Gasteiger partial charge on any atom is -0.472 e. The fourth-order valence-electron chi connectivity index (χ4n) is 2.45. The molecule has 10 heteroatoms. The third-order valence-electron chi connectivity index (χ3n) is 4.09. The Bertz CT molecular complexity index is 1110. The maximum Gasteiger partial charge on any atom is 0.278 e. The van der Waals surface area contributed by atoms with Gasteiger partial charge in [-0.1, -0.05) is 0 Å². The highest BCUT2D eigenvalue weighted by Gasteiger charge is 2.20. The molecule has 152 valence electrons. The van der Waals surface area contributed by atoms with Gasteiger partial charge in [0.15, 0.2) is 0 Å². The number of hydrogen-bond donors (Lipinski definition) is 1. The first-order valence-electron chi connectivity index (χ1n) is 8.49. The fourth-order valence-corrected chi connectivity index (χ4v) is 2.83. The minimum atomic E-state index is -1.12. The molecule has 0 bridgehead atoms. The summed E-state index contributed by atoms with van der Waals surface area (Å²) in [6.07, 6.45) is 2.84. The molecule has 0 aliphatic carbocycles. The van der Waals surface area contributed by atoms with Crippen molar-refractivity contribution in [2.75, 3.05) is 0 Å². The Morgan fingerprint density at radius 3 is 2.48 bits per heavy atom. The van der Waals surface area contributed by atoms with Gasteiger partial charge < -0.3 is 9.84 Å². The van der Waals surface area contributed by atoms with E-state index in [0.29, 0.717) is 5.56 Å². The van der Waals surface area contributed by atoms with Gasteiger partial charge in [-0.25, -0.2) is 23.3 Å². The van der Waals surface area contributed by atoms with Crippen LogP contribution >= 0.6 is 15.9 Å². The lowest BCUT2D eigenvalue weighted by molar-refractivity contribution is 0.0778. The molecule has 0 spiro atoms. The van der Waals surface area contributed by atoms with Crippen molar-refractivity contribution in [1.82, 2.24) is 19.5 Å². The predicted octanol–water partition coefficient (Wildman–Crippen LogP) is 3.18. The van der Waals surface area contributed by atoms with Gasteiger partial charge in [-0.2, -0.15) is 4.98 Å². The summed E-state index contributed by atoms with van der Waals surface area (Å²) >= 11 is 3.14. The molecule has 0 saturated carbocycles. The molecule has 0 unspecified atom stereocenters. The number of aromatic nitrogens is 4. The second-order valence-electron chi connectivity index (χ2n) is 6.77. The van der Waals surface area contributed by atoms with Crippen LogP contribution in [-0.2, 0) is 12.2 Å². The molecule has 7 nitrogen and oxygen atoms in total. The Balaban J connectivity index is 1.91. The van der Waals surface area contributed by atoms with Crippen molar-refractivity contribution in [3.05, 3.63) is 74.0 Å². The van der Waals surface area contributed by atoms with E-state index >= 15 is 0 Å². The van der Waals surface area contributed by atoms with Gasteiger partial charge in [0.05, 0.1) is 5.60 Å². The van der Waals surface area contributed by atoms with Crippen molar-refractivity contribution in [2.45, 2.75) is 33.0 Å². The first kappa shape index (κ1) is 21.0. The first-order valence-corrected chi connectivity index (χ1v) is 9.28. The van der Waals surface area contributed by atoms with Crippen molar-refractivity contribution in [1.29, 1.82) is 0 Å². The molecule has 3 rings (SSSR count). The standard InChI is InChI=1S/C19H17BrF2N4O3/c1-10-25-16(29-9-11-4-5-13(21)6-14(11)22)15(20)17(27)26(10)18-23-7-12(8-24-18)19(2,3)28/h4-8,28H,9H2,1-3H3. The second-order valence-corrected chi connectivity index (χ2v) is 7.57. The second kappa shape index (κ2) is 7.96. The van der Waals surface area contributed by atoms with Crippen LogP contribution in [-0.4, -0.2) is 24.6 Å². The van der Waals surface area contributed by atoms with E-state index in [1.165, 1.54) is 23.0 Å². The summed E-state index contributed by atoms with van der Waals surface area (Å²) in [4.78, 5) is 25.2. The minimum absolute atomic E-state index is 0.000726. The molecule has 1 N–H and O–H groups in total. The van der Waals surface area contributed by atoms with Gasteiger partial charge in [0.2, 0.25) is 11.8 Å². The molecule has 2 aromatic heterocycles. The number of aryl methyl sites for hydroxylation is 1. The third-order valence-corrected chi connectivity index (χ3v) is 4.77. The number of aliphatic hydroxyl groups is 1. The maximum atomic E-state index is 13.8. The van der Waals surface area contributed by atoms with E-state index in [0.717, 1.165) is 12.1 Å². The molecule has 0 amide bonds. The zero-order valence-corrected chi connectivity index (χ0v) is 17.4. The average Bonchev–Trinajstić information content (AvgIpc) is 2.64. The fraction of sp³-hybridized carbons (Fsp3) is 0.263. The van der Waals surface area contributed by atoms with E-state index in [9.17, 15) is 18.7 Å². The average molecular weight is 467 g/mol. The van der Waals surface area contributed by atoms with Gasteiger partial charge in [-0.3, -0.25) is 4.79 Å². The van der Waals surface area contributed by atoms with Crippen LogP contribution in [0.5, 0.6) is 5.88 Å². The number of halogens is 3. The van der Waals surface area contributed by atoms with E-state index in [4.69, 9.17) is 4.74 Å². The van der Waals surface area contributed by atoms with Gasteiger partial charge in [0.25, 0.3) is 5.56 Å². The van der Waals surface area contributed by atoms with Crippen molar-refractivity contribution >= 4 is 15.9 Å². The molecular weight excluding hydrogens is 450 g/mol. The normalized spacial score (nSPS) is 11.6. The van der Waals surface area contributed by atoms with Gasteiger partial charge in [-0.15, -0.1) is 0 Å². The summed E-state index contributed by atoms with van der Waals surface area (Å²) in [6.45, 7) is 4.51. The van der Waals surface area contributed by atoms with Crippen LogP contribution in [0.25, 0.3) is 5.95 Å². The Kier molecular flexibility index (Phi) is 5.76. The number of nitrogens with zero attached hydrogens (tertiary/aromatic N) is 4. The molecule has 29 heavy (non-hydrogen) atoms. The first-order chi connectivity index (χ1) is 13.6. The molecule has 2 heterocycles. The quantitative estimate of drug-likeness (QED) is 0.620. The Labute approximate surface area is 173 Å². The van der Waals surface area contributed by atoms with Gasteiger partial charge in [0.1, 0.15) is 28.5 Å². The number of benzene rings is 1. The molecule has 0 radical (unpaired) electrons. The molecule has 0 aliphatic rings. The van der Waals surface area contributed by atoms with Crippen LogP contribution in [0.1, 0.15) is 30.8 Å². The third kappa shape index (κ3) is 4.48. The van der Waals surface area contributed by atoms with E-state index in [1.54, 1.807) is 20.8 Å². The topological polar surface area (TPSA) is 90.1 Å². The molecular formula is C19H17BrF2N4O3. The summed E-state index contributed by atoms with van der Waals surface area (Å²) in [6, 6.07) is 3.12. The van der Waals surface area contributed by atoms with Crippen LogP contribution in [0.15, 0.2) is 39.9 Å². The van der Waals surface area contributed by atoms with Crippen molar-refractivity contribution in [3.63, 3.8) is 0 Å². The van der Waals surface area contributed by atoms with E-state index in [-0.39, 0.29) is 34.3 Å². The molecule has 3 aromatic rings. The number of rotatable bonds is 5.